The highest BCUT2D eigenvalue weighted by molar-refractivity contribution is 7.89. The smallest absolute Gasteiger partial charge is 0.243 e. The number of rotatable bonds is 6. The van der Waals surface area contributed by atoms with E-state index >= 15 is 0 Å². The zero-order chi connectivity index (χ0) is 33.2. The van der Waals surface area contributed by atoms with Crippen LogP contribution in [-0.4, -0.2) is 108 Å². The summed E-state index contributed by atoms with van der Waals surface area (Å²) in [6, 6.07) is 13.1. The van der Waals surface area contributed by atoms with Crippen molar-refractivity contribution < 1.29 is 36.5 Å². The topological polar surface area (TPSA) is 169 Å². The molecule has 0 bridgehead atoms. The van der Waals surface area contributed by atoms with Crippen LogP contribution in [0.5, 0.6) is 11.8 Å². The Labute approximate surface area is 268 Å². The summed E-state index contributed by atoms with van der Waals surface area (Å²) in [5.74, 6) is 0.204. The highest BCUT2D eigenvalue weighted by Crippen LogP contribution is 2.31. The number of benzene rings is 2. The molecule has 2 aliphatic heterocycles. The minimum Gasteiger partial charge on any atom is -0.493 e. The average molecular weight is 675 g/mol. The van der Waals surface area contributed by atoms with Gasteiger partial charge in [-0.05, 0) is 38.1 Å². The van der Waals surface area contributed by atoms with Gasteiger partial charge in [0, 0.05) is 62.5 Å². The molecule has 248 valence electrons. The van der Waals surface area contributed by atoms with Crippen LogP contribution in [0.4, 0.5) is 0 Å². The molecule has 46 heavy (non-hydrogen) atoms. The van der Waals surface area contributed by atoms with E-state index in [2.05, 4.69) is 10.2 Å². The van der Waals surface area contributed by atoms with Gasteiger partial charge >= 0.3 is 0 Å². The Morgan fingerprint density at radius 1 is 0.587 bits per heavy atom. The second kappa shape index (κ2) is 13.5. The van der Waals surface area contributed by atoms with Gasteiger partial charge in [0.2, 0.25) is 31.8 Å². The molecule has 6 rings (SSSR count). The van der Waals surface area contributed by atoms with Crippen molar-refractivity contribution in [1.82, 2.24) is 28.2 Å². The highest BCUT2D eigenvalue weighted by Gasteiger charge is 2.27. The van der Waals surface area contributed by atoms with Crippen LogP contribution in [0.3, 0.4) is 0 Å². The van der Waals surface area contributed by atoms with E-state index in [0.717, 1.165) is 11.1 Å². The summed E-state index contributed by atoms with van der Waals surface area (Å²) in [6.07, 6.45) is 0. The Morgan fingerprint density at radius 3 is 1.15 bits per heavy atom. The fourth-order valence-corrected chi connectivity index (χ4v) is 8.05. The third-order valence-corrected chi connectivity index (χ3v) is 11.8. The SMILES string of the molecule is Cc1c(-c2ccc(S(=O)(=O)N3CCOCC3)cc2)nn(C)c1O.Cc1c(-c2ccc(S(=O)(=O)N3CCOCC3)cc2)nn(C)c1O. The predicted octanol–water partition coefficient (Wildman–Crippen LogP) is 2.24. The van der Waals surface area contributed by atoms with Crippen LogP contribution < -0.4 is 0 Å². The van der Waals surface area contributed by atoms with Crippen molar-refractivity contribution in [2.75, 3.05) is 52.6 Å². The normalized spacial score (nSPS) is 16.6. The Kier molecular flexibility index (Phi) is 9.86. The van der Waals surface area contributed by atoms with E-state index in [9.17, 15) is 27.0 Å². The van der Waals surface area contributed by atoms with E-state index in [1.165, 1.54) is 18.0 Å². The van der Waals surface area contributed by atoms with Crippen LogP contribution in [0.25, 0.3) is 22.5 Å². The maximum absolute atomic E-state index is 12.6. The summed E-state index contributed by atoms with van der Waals surface area (Å²) in [6.45, 7) is 6.72. The number of aromatic nitrogens is 4. The highest BCUT2D eigenvalue weighted by atomic mass is 32.2. The van der Waals surface area contributed by atoms with E-state index in [4.69, 9.17) is 9.47 Å². The molecule has 14 nitrogen and oxygen atoms in total. The molecule has 16 heteroatoms. The molecule has 4 heterocycles. The number of ether oxygens (including phenoxy) is 2. The summed E-state index contributed by atoms with van der Waals surface area (Å²) in [5, 5.41) is 28.2. The van der Waals surface area contributed by atoms with Crippen LogP contribution >= 0.6 is 0 Å². The predicted molar refractivity (Wildman–Crippen MR) is 169 cm³/mol. The first-order valence-electron chi connectivity index (χ1n) is 14.6. The quantitative estimate of drug-likeness (QED) is 0.309. The van der Waals surface area contributed by atoms with Gasteiger partial charge in [0.25, 0.3) is 0 Å². The lowest BCUT2D eigenvalue weighted by molar-refractivity contribution is 0.0730. The molecule has 0 amide bonds. The van der Waals surface area contributed by atoms with E-state index in [1.807, 2.05) is 0 Å². The largest absolute Gasteiger partial charge is 0.493 e. The van der Waals surface area contributed by atoms with Crippen molar-refractivity contribution in [1.29, 1.82) is 0 Å². The minimum atomic E-state index is -3.50. The molecule has 2 aliphatic rings. The molecule has 2 N–H and O–H groups in total. The number of morpholine rings is 2. The number of aryl methyl sites for hydroxylation is 2. The molecule has 0 saturated carbocycles. The zero-order valence-corrected chi connectivity index (χ0v) is 27.8. The van der Waals surface area contributed by atoms with Gasteiger partial charge in [0.15, 0.2) is 0 Å². The third-order valence-electron chi connectivity index (χ3n) is 7.97. The maximum atomic E-state index is 12.6. The molecule has 4 aromatic rings. The van der Waals surface area contributed by atoms with Gasteiger partial charge in [-0.25, -0.2) is 26.2 Å². The first-order valence-corrected chi connectivity index (χ1v) is 17.5. The van der Waals surface area contributed by atoms with Crippen molar-refractivity contribution in [2.24, 2.45) is 14.1 Å². The summed E-state index contributed by atoms with van der Waals surface area (Å²) in [5.41, 5.74) is 4.13. The second-order valence-electron chi connectivity index (χ2n) is 10.9. The first kappa shape index (κ1) is 33.6. The molecule has 0 unspecified atom stereocenters. The Bertz CT molecular complexity index is 1750. The lowest BCUT2D eigenvalue weighted by atomic mass is 10.1. The van der Waals surface area contributed by atoms with Crippen LogP contribution in [0.2, 0.25) is 0 Å². The van der Waals surface area contributed by atoms with Gasteiger partial charge in [-0.15, -0.1) is 0 Å². The molecular weight excluding hydrogens is 636 g/mol. The fourth-order valence-electron chi connectivity index (χ4n) is 5.23. The van der Waals surface area contributed by atoms with E-state index in [-0.39, 0.29) is 21.6 Å². The maximum Gasteiger partial charge on any atom is 0.243 e. The Morgan fingerprint density at radius 2 is 0.891 bits per heavy atom. The molecule has 2 saturated heterocycles. The van der Waals surface area contributed by atoms with Crippen LogP contribution in [-0.2, 0) is 43.6 Å². The molecule has 0 aliphatic carbocycles. The van der Waals surface area contributed by atoms with E-state index in [0.29, 0.717) is 75.1 Å². The lowest BCUT2D eigenvalue weighted by Gasteiger charge is -2.26. The van der Waals surface area contributed by atoms with Crippen LogP contribution in [0.1, 0.15) is 11.1 Å². The lowest BCUT2D eigenvalue weighted by Crippen LogP contribution is -2.40. The minimum absolute atomic E-state index is 0.102. The van der Waals surface area contributed by atoms with Gasteiger partial charge in [0.1, 0.15) is 0 Å². The molecule has 0 radical (unpaired) electrons. The monoisotopic (exact) mass is 674 g/mol. The number of nitrogens with zero attached hydrogens (tertiary/aromatic N) is 6. The van der Waals surface area contributed by atoms with Crippen molar-refractivity contribution >= 4 is 20.0 Å². The summed E-state index contributed by atoms with van der Waals surface area (Å²) in [7, 11) is -3.68. The number of hydrogen-bond acceptors (Lipinski definition) is 10. The molecule has 2 aromatic carbocycles. The fraction of sp³-hybridized carbons (Fsp3) is 0.400. The van der Waals surface area contributed by atoms with Gasteiger partial charge in [0.05, 0.1) is 47.6 Å². The first-order chi connectivity index (χ1) is 21.8. The molecule has 2 aromatic heterocycles. The zero-order valence-electron chi connectivity index (χ0n) is 26.1. The van der Waals surface area contributed by atoms with Crippen molar-refractivity contribution in [3.63, 3.8) is 0 Å². The second-order valence-corrected chi connectivity index (χ2v) is 14.8. The van der Waals surface area contributed by atoms with Crippen LogP contribution in [0.15, 0.2) is 58.3 Å². The number of aromatic hydroxyl groups is 2. The summed E-state index contributed by atoms with van der Waals surface area (Å²) < 4.78 is 66.3. The van der Waals surface area contributed by atoms with Gasteiger partial charge in [-0.3, -0.25) is 0 Å². The molecule has 0 atom stereocenters. The van der Waals surface area contributed by atoms with Crippen molar-refractivity contribution in [3.05, 3.63) is 59.7 Å². The van der Waals surface area contributed by atoms with Crippen molar-refractivity contribution in [2.45, 2.75) is 23.6 Å². The molecule has 2 fully saturated rings. The molecule has 0 spiro atoms. The van der Waals surface area contributed by atoms with Crippen molar-refractivity contribution in [3.8, 4) is 34.3 Å². The van der Waals surface area contributed by atoms with Gasteiger partial charge in [-0.2, -0.15) is 18.8 Å². The summed E-state index contributed by atoms with van der Waals surface area (Å²) in [4.78, 5) is 0.502. The van der Waals surface area contributed by atoms with Gasteiger partial charge in [-0.1, -0.05) is 24.3 Å². The Hall–Kier alpha value is -3.80. The van der Waals surface area contributed by atoms with Crippen LogP contribution in [0, 0.1) is 13.8 Å². The standard InChI is InChI=1S/2C15H19N3O4S/c2*1-11-14(16-17(2)15(11)19)12-3-5-13(6-4-12)23(20,21)18-7-9-22-10-8-18/h2*3-6,19H,7-10H2,1-2H3. The van der Waals surface area contributed by atoms with Gasteiger partial charge < -0.3 is 19.7 Å². The Balaban J connectivity index is 0.000000181. The third kappa shape index (κ3) is 6.67. The van der Waals surface area contributed by atoms with E-state index < -0.39 is 20.0 Å². The summed E-state index contributed by atoms with van der Waals surface area (Å²) >= 11 is 0. The average Bonchev–Trinajstić information content (AvgIpc) is 3.49. The number of sulfonamides is 2. The molecular formula is C30H38N6O8S2. The number of hydrogen-bond donors (Lipinski definition) is 2. The van der Waals surface area contributed by atoms with E-state index in [1.54, 1.807) is 76.5 Å².